The maximum Gasteiger partial charge on any atom is 0.323 e. The summed E-state index contributed by atoms with van der Waals surface area (Å²) in [5.74, 6) is -1.54. The molecule has 7 aromatic heterocycles. The molecule has 13 heterocycles. The fraction of sp³-hybridized carbons (Fsp3) is 0.0769. The number of fused-ring (bicyclic) bond motifs is 12. The third-order valence-corrected chi connectivity index (χ3v) is 29.3. The van der Waals surface area contributed by atoms with Crippen LogP contribution in [0.3, 0.4) is 0 Å². The Morgan fingerprint density at radius 3 is 0.807 bits per heavy atom. The number of hydrogen-bond donors (Lipinski definition) is 4. The van der Waals surface area contributed by atoms with Gasteiger partial charge in [-0.3, -0.25) is 58.0 Å². The highest BCUT2D eigenvalue weighted by Gasteiger charge is 2.37. The third-order valence-electron chi connectivity index (χ3n) is 23.8. The number of ether oxygens (including phenoxy) is 6. The van der Waals surface area contributed by atoms with Gasteiger partial charge in [-0.25, -0.2) is 9.97 Å². The highest BCUT2D eigenvalue weighted by Crippen LogP contribution is 2.44. The Bertz CT molecular complexity index is 7660. The second kappa shape index (κ2) is 38.6. The first-order valence-electron chi connectivity index (χ1n) is 43.1. The number of nitrogens with one attached hydrogen (secondary N) is 2. The number of amides is 4. The van der Waals surface area contributed by atoms with E-state index in [1.54, 1.807) is 24.3 Å². The summed E-state index contributed by atoms with van der Waals surface area (Å²) in [7, 11) is 0. The zero-order valence-electron chi connectivity index (χ0n) is 72.9. The second-order valence-electron chi connectivity index (χ2n) is 32.4. The summed E-state index contributed by atoms with van der Waals surface area (Å²) in [6, 6.07) is 71.0. The van der Waals surface area contributed by atoms with Gasteiger partial charge in [-0.1, -0.05) is 169 Å². The van der Waals surface area contributed by atoms with Gasteiger partial charge in [-0.05, 0) is 239 Å². The van der Waals surface area contributed by atoms with Crippen LogP contribution in [-0.2, 0) is 74.8 Å². The van der Waals surface area contributed by atoms with Crippen LogP contribution in [-0.4, -0.2) is 160 Å². The van der Waals surface area contributed by atoms with E-state index in [0.29, 0.717) is 74.0 Å². The summed E-state index contributed by atoms with van der Waals surface area (Å²) in [6.45, 7) is -0.364. The summed E-state index contributed by atoms with van der Waals surface area (Å²) >= 11 is 25.9. The number of carbonyl (C=O) groups is 8. The molecule has 4 fully saturated rings. The zero-order chi connectivity index (χ0) is 96.1. The first-order valence-corrected chi connectivity index (χ1v) is 48.0. The lowest BCUT2D eigenvalue weighted by Gasteiger charge is -2.11. The number of H-pyrrole nitrogens is 2. The van der Waals surface area contributed by atoms with Crippen molar-refractivity contribution in [3.8, 4) is 67.5 Å². The molecule has 21 rings (SSSR count). The van der Waals surface area contributed by atoms with Crippen LogP contribution in [0, 0.1) is 0 Å². The van der Waals surface area contributed by atoms with E-state index >= 15 is 0 Å². The minimum atomic E-state index is -1.16. The van der Waals surface area contributed by atoms with Crippen molar-refractivity contribution < 1.29 is 77.0 Å². The molecule has 690 valence electrons. The minimum absolute atomic E-state index is 0.155. The van der Waals surface area contributed by atoms with Gasteiger partial charge in [-0.2, -0.15) is 0 Å². The Hall–Kier alpha value is -15.8. The van der Waals surface area contributed by atoms with Gasteiger partial charge in [0.2, 0.25) is 0 Å². The molecule has 0 saturated carbocycles. The molecule has 8 aromatic carbocycles. The van der Waals surface area contributed by atoms with Crippen LogP contribution in [0.2, 0.25) is 0 Å². The van der Waals surface area contributed by atoms with E-state index in [1.807, 2.05) is 261 Å². The normalized spacial score (nSPS) is 15.5. The van der Waals surface area contributed by atoms with Crippen molar-refractivity contribution in [1.29, 1.82) is 0 Å². The van der Waals surface area contributed by atoms with Crippen LogP contribution in [0.5, 0.6) is 23.0 Å². The predicted octanol–water partition coefficient (Wildman–Crippen LogP) is 20.5. The number of carboxylic acid groups (broad SMARTS) is 2. The molecule has 4 N–H and O–H groups in total. The molecule has 8 bridgehead atoms. The molecular formula is C104H70N12O16S8. The quantitative estimate of drug-likeness (QED) is 0.0185. The Balaban J connectivity index is 0.636. The van der Waals surface area contributed by atoms with Crippen LogP contribution < -0.4 is 18.9 Å². The molecule has 0 spiro atoms. The molecule has 4 amide bonds. The molecule has 15 aromatic rings. The fourth-order valence-corrected chi connectivity index (χ4v) is 22.1. The summed E-state index contributed by atoms with van der Waals surface area (Å²) in [5.41, 5.74) is 18.6. The van der Waals surface area contributed by atoms with Gasteiger partial charge in [0, 0.05) is 90.7 Å². The Kier molecular flexibility index (Phi) is 25.0. The molecule has 6 aliphatic heterocycles. The second-order valence-corrected chi connectivity index (χ2v) is 39.1. The lowest BCUT2D eigenvalue weighted by Crippen LogP contribution is -2.33. The number of nitrogens with zero attached hydrogens (tertiary/aromatic N) is 10. The van der Waals surface area contributed by atoms with Gasteiger partial charge in [0.05, 0.1) is 64.5 Å². The first kappa shape index (κ1) is 90.7. The van der Waals surface area contributed by atoms with Crippen LogP contribution in [0.25, 0.3) is 159 Å². The monoisotopic (exact) mass is 2000 g/mol. The molecule has 36 heteroatoms. The average molecular weight is 2000 g/mol. The summed E-state index contributed by atoms with van der Waals surface area (Å²) < 4.78 is 44.9. The van der Waals surface area contributed by atoms with Gasteiger partial charge >= 0.3 is 11.9 Å². The van der Waals surface area contributed by atoms with E-state index in [1.165, 1.54) is 9.80 Å². The Morgan fingerprint density at radius 1 is 0.321 bits per heavy atom. The molecule has 28 nitrogen and oxygen atoms in total. The highest BCUT2D eigenvalue weighted by atomic mass is 32.2. The number of thioether (sulfide) groups is 4. The predicted molar refractivity (Wildman–Crippen MR) is 560 cm³/mol. The number of rotatable bonds is 30. The van der Waals surface area contributed by atoms with E-state index in [-0.39, 0.29) is 73.8 Å². The van der Waals surface area contributed by atoms with Crippen molar-refractivity contribution in [3.05, 3.63) is 308 Å². The van der Waals surface area contributed by atoms with Crippen molar-refractivity contribution in [3.63, 3.8) is 0 Å². The Morgan fingerprint density at radius 2 is 0.564 bits per heavy atom. The number of carbonyl (C=O) groups excluding carboxylic acids is 6. The number of carboxylic acids is 2. The van der Waals surface area contributed by atoms with Gasteiger partial charge < -0.3 is 66.9 Å². The molecule has 0 atom stereocenters. The topological polar surface area (TPSA) is 322 Å². The van der Waals surface area contributed by atoms with Gasteiger partial charge in [0.25, 0.3) is 36.6 Å². The third kappa shape index (κ3) is 18.4. The van der Waals surface area contributed by atoms with Crippen LogP contribution in [0.4, 0.5) is 0 Å². The molecule has 6 aliphatic rings. The van der Waals surface area contributed by atoms with Crippen molar-refractivity contribution in [2.24, 2.45) is 0 Å². The fourth-order valence-electron chi connectivity index (χ4n) is 17.1. The number of thiocarbonyl (C=S) groups is 4. The largest absolute Gasteiger partial charge is 0.480 e. The molecule has 0 unspecified atom stereocenters. The number of aromatic nitrogens is 8. The summed E-state index contributed by atoms with van der Waals surface area (Å²) in [6.07, 6.45) is 22.8. The van der Waals surface area contributed by atoms with E-state index < -0.39 is 36.8 Å². The maximum atomic E-state index is 13.2. The van der Waals surface area contributed by atoms with Crippen LogP contribution >= 0.6 is 95.9 Å². The van der Waals surface area contributed by atoms with E-state index in [9.17, 15) is 48.6 Å². The molecule has 4 saturated heterocycles. The van der Waals surface area contributed by atoms with Crippen molar-refractivity contribution in [1.82, 2.24) is 57.8 Å². The van der Waals surface area contributed by atoms with Gasteiger partial charge in [0.1, 0.15) is 44.7 Å². The summed E-state index contributed by atoms with van der Waals surface area (Å²) in [4.78, 5) is 123. The van der Waals surface area contributed by atoms with E-state index in [2.05, 4.69) is 34.2 Å². The SMILES string of the molecule is O=COCN1C(=O)/C(=C/c2ccc3c(ccn3COc3ccc(-c4c5nc(c(-c6ccc(OCn7ccc8cc(/C=C9\SC(=S)N(CC(=O)O)C9=O)ccc87)cc6)c6ccc([nH]6)c(-c6ccc(OCn7ccc8cc(/C=C9\SC(=S)N(CC(=O)O)C9=O)ccc87)cc6)c6nc(c(-c7ccc(OCn8ccc9cc(/C=C%10/SC(=S)N(COC=O)C%10=O)ccc98)cc7)c7ccc4[nH]7)C=C6)C=C5)cc3)c2)SC1=S. The van der Waals surface area contributed by atoms with Crippen LogP contribution in [0.1, 0.15) is 45.0 Å². The molecule has 0 radical (unpaired) electrons. The molecular weight excluding hydrogens is 1930 g/mol. The minimum Gasteiger partial charge on any atom is -0.480 e. The van der Waals surface area contributed by atoms with Crippen molar-refractivity contribution >= 4 is 276 Å². The number of benzene rings is 8. The molecule has 0 aliphatic carbocycles. The maximum absolute atomic E-state index is 13.2. The molecule has 140 heavy (non-hydrogen) atoms. The first-order chi connectivity index (χ1) is 68.1. The number of aliphatic carboxylic acids is 2. The Labute approximate surface area is 833 Å². The number of aromatic amines is 2. The average Bonchev–Trinajstić information content (AvgIpc) is 1.61. The van der Waals surface area contributed by atoms with Crippen LogP contribution in [0.15, 0.2) is 263 Å². The smallest absolute Gasteiger partial charge is 0.323 e. The van der Waals surface area contributed by atoms with E-state index in [0.717, 1.165) is 189 Å². The van der Waals surface area contributed by atoms with E-state index in [4.69, 9.17) is 87.3 Å². The highest BCUT2D eigenvalue weighted by molar-refractivity contribution is 8.28. The van der Waals surface area contributed by atoms with Crippen molar-refractivity contribution in [2.75, 3.05) is 26.6 Å². The number of hydrogen-bond acceptors (Lipinski definition) is 24. The summed E-state index contributed by atoms with van der Waals surface area (Å²) in [5, 5.41) is 22.5. The lowest BCUT2D eigenvalue weighted by molar-refractivity contribution is -0.140. The van der Waals surface area contributed by atoms with Crippen molar-refractivity contribution in [2.45, 2.75) is 26.9 Å². The van der Waals surface area contributed by atoms with Gasteiger partial charge in [-0.15, -0.1) is 0 Å². The van der Waals surface area contributed by atoms with Gasteiger partial charge in [0.15, 0.2) is 49.0 Å². The standard InChI is InChI=1S/C104H70N12O16S8/c117-57-127-55-115-99(125)89(139-103(115)135)47-61-3-31-85-69(43-61)35-39-111(85)53-131-73-17-9-65(10-18-73)95-79-25-23-77(106-79)93(63-5-13-71(14-6-63)129-51-109-37-33-67-41-59(1-29-83(67)109)45-87-97(123)113(49-91(119)120)101(133)137-87)75-21-22-76(105-75)94(64-7-15-72(16-8-64)130-52-110-38-34-68-42-60(2-30-84(68)110)46-88-98(124)114(50-92(121)122)102(134)138-88)78-24-26-80(107-78)96(82-28-27-81(95)108-82)66-11-19-74(20-12-66)132-54-112-40-36-70-44-62(4-32-86(70)112)48-90-100(126)116(56-128-58-118)104(136)140-90/h1-48,57-58,105,108H,49-56H2,(H,119,120)(H,121,122)/b87-45-,88-46-,89-47-,90-48+,93-75?,93-77?,94-76?,94-78?,95-79?,95-81?,96-80?,96-82?. The zero-order valence-corrected chi connectivity index (χ0v) is 79.4. The lowest BCUT2D eigenvalue weighted by atomic mass is 10.0.